The molecule has 2 heterocycles. The molecular formula is C12H18N4O2S2. The Kier molecular flexibility index (Phi) is 4.42. The number of amides is 1. The van der Waals surface area contributed by atoms with E-state index in [-0.39, 0.29) is 18.1 Å². The van der Waals surface area contributed by atoms with Gasteiger partial charge in [-0.1, -0.05) is 35.9 Å². The third-order valence-corrected chi connectivity index (χ3v) is 5.66. The van der Waals surface area contributed by atoms with Crippen molar-refractivity contribution < 1.29 is 9.53 Å². The fourth-order valence-electron chi connectivity index (χ4n) is 2.89. The van der Waals surface area contributed by atoms with E-state index >= 15 is 0 Å². The van der Waals surface area contributed by atoms with Crippen molar-refractivity contribution in [3.05, 3.63) is 0 Å². The van der Waals surface area contributed by atoms with Gasteiger partial charge >= 0.3 is 0 Å². The predicted molar refractivity (Wildman–Crippen MR) is 78.8 cm³/mol. The van der Waals surface area contributed by atoms with Gasteiger partial charge in [-0.2, -0.15) is 0 Å². The van der Waals surface area contributed by atoms with Gasteiger partial charge in [-0.25, -0.2) is 0 Å². The molecule has 2 N–H and O–H groups in total. The quantitative estimate of drug-likeness (QED) is 0.849. The molecule has 1 aliphatic heterocycles. The third kappa shape index (κ3) is 3.07. The fraction of sp³-hybridized carbons (Fsp3) is 0.750. The number of carbonyl (C=O) groups is 1. The van der Waals surface area contributed by atoms with E-state index in [1.165, 1.54) is 35.9 Å². The van der Waals surface area contributed by atoms with Crippen molar-refractivity contribution in [3.8, 4) is 0 Å². The lowest BCUT2D eigenvalue weighted by Gasteiger charge is -2.43. The number of ether oxygens (including phenoxy) is 1. The minimum Gasteiger partial charge on any atom is -0.374 e. The molecule has 6 nitrogen and oxygen atoms in total. The lowest BCUT2D eigenvalue weighted by molar-refractivity contribution is -0.146. The molecule has 1 aliphatic carbocycles. The van der Waals surface area contributed by atoms with E-state index in [1.807, 2.05) is 4.90 Å². The standard InChI is InChI=1S/C12H18N4O2S2/c13-11-14-15-12(20-11)19-7-10(17)16-5-6-18-9-4-2-1-3-8(9)16/h8-9H,1-7H2,(H2,13,14). The maximum absolute atomic E-state index is 12.4. The summed E-state index contributed by atoms with van der Waals surface area (Å²) in [6.07, 6.45) is 4.78. The number of hydrogen-bond acceptors (Lipinski definition) is 7. The number of fused-ring (bicyclic) bond motifs is 1. The smallest absolute Gasteiger partial charge is 0.233 e. The number of nitrogens with two attached hydrogens (primary N) is 1. The van der Waals surface area contributed by atoms with Crippen LogP contribution in [0.3, 0.4) is 0 Å². The molecule has 0 aromatic carbocycles. The lowest BCUT2D eigenvalue weighted by atomic mass is 9.90. The summed E-state index contributed by atoms with van der Waals surface area (Å²) in [4.78, 5) is 14.4. The number of aromatic nitrogens is 2. The first-order valence-corrected chi connectivity index (χ1v) is 8.67. The monoisotopic (exact) mass is 314 g/mol. The van der Waals surface area contributed by atoms with E-state index in [4.69, 9.17) is 10.5 Å². The molecule has 1 aromatic rings. The summed E-state index contributed by atoms with van der Waals surface area (Å²) in [5.41, 5.74) is 5.53. The number of morpholine rings is 1. The van der Waals surface area contributed by atoms with Gasteiger partial charge in [0.25, 0.3) is 0 Å². The zero-order valence-corrected chi connectivity index (χ0v) is 12.8. The second-order valence-electron chi connectivity index (χ2n) is 5.04. The Balaban J connectivity index is 1.58. The fourth-order valence-corrected chi connectivity index (χ4v) is 4.41. The highest BCUT2D eigenvalue weighted by molar-refractivity contribution is 8.01. The SMILES string of the molecule is Nc1nnc(SCC(=O)N2CCOC3CCCCC32)s1. The molecule has 20 heavy (non-hydrogen) atoms. The number of hydrogen-bond donors (Lipinski definition) is 1. The Morgan fingerprint density at radius 2 is 2.30 bits per heavy atom. The Hall–Kier alpha value is -0.860. The molecule has 0 spiro atoms. The molecule has 2 aliphatic rings. The van der Waals surface area contributed by atoms with Crippen molar-refractivity contribution in [2.24, 2.45) is 0 Å². The topological polar surface area (TPSA) is 81.3 Å². The average molecular weight is 314 g/mol. The highest BCUT2D eigenvalue weighted by Crippen LogP contribution is 2.30. The summed E-state index contributed by atoms with van der Waals surface area (Å²) < 4.78 is 6.54. The van der Waals surface area contributed by atoms with Crippen LogP contribution in [-0.2, 0) is 9.53 Å². The number of nitrogens with zero attached hydrogens (tertiary/aromatic N) is 3. The zero-order chi connectivity index (χ0) is 13.9. The average Bonchev–Trinajstić information content (AvgIpc) is 2.90. The van der Waals surface area contributed by atoms with Crippen molar-refractivity contribution in [1.29, 1.82) is 0 Å². The molecule has 110 valence electrons. The summed E-state index contributed by atoms with van der Waals surface area (Å²) in [6.45, 7) is 1.36. The predicted octanol–water partition coefficient (Wildman–Crippen LogP) is 1.38. The Bertz CT molecular complexity index is 480. The summed E-state index contributed by atoms with van der Waals surface area (Å²) >= 11 is 2.74. The molecular weight excluding hydrogens is 296 g/mol. The molecule has 2 fully saturated rings. The largest absolute Gasteiger partial charge is 0.374 e. The van der Waals surface area contributed by atoms with Gasteiger partial charge in [-0.15, -0.1) is 10.2 Å². The first-order chi connectivity index (χ1) is 9.74. The molecule has 1 amide bonds. The van der Waals surface area contributed by atoms with Crippen molar-refractivity contribution in [1.82, 2.24) is 15.1 Å². The maximum atomic E-state index is 12.4. The molecule has 0 radical (unpaired) electrons. The molecule has 3 rings (SSSR count). The maximum Gasteiger partial charge on any atom is 0.233 e. The van der Waals surface area contributed by atoms with Crippen LogP contribution in [0.25, 0.3) is 0 Å². The van der Waals surface area contributed by atoms with Gasteiger partial charge in [0.15, 0.2) is 4.34 Å². The highest BCUT2D eigenvalue weighted by Gasteiger charge is 2.36. The molecule has 0 bridgehead atoms. The summed E-state index contributed by atoms with van der Waals surface area (Å²) in [5, 5.41) is 8.12. The van der Waals surface area contributed by atoms with Crippen molar-refractivity contribution >= 4 is 34.1 Å². The number of nitrogen functional groups attached to an aromatic ring is 1. The van der Waals surface area contributed by atoms with Crippen molar-refractivity contribution in [2.45, 2.75) is 42.2 Å². The minimum absolute atomic E-state index is 0.170. The molecule has 2 atom stereocenters. The van der Waals surface area contributed by atoms with Crippen LogP contribution >= 0.6 is 23.1 Å². The first-order valence-electron chi connectivity index (χ1n) is 6.87. The normalized spacial score (nSPS) is 26.3. The van der Waals surface area contributed by atoms with E-state index in [0.29, 0.717) is 24.0 Å². The summed E-state index contributed by atoms with van der Waals surface area (Å²) in [6, 6.07) is 0.269. The van der Waals surface area contributed by atoms with Gasteiger partial charge < -0.3 is 15.4 Å². The number of carbonyl (C=O) groups excluding carboxylic acids is 1. The summed E-state index contributed by atoms with van der Waals surface area (Å²) in [7, 11) is 0. The molecule has 8 heteroatoms. The number of thioether (sulfide) groups is 1. The molecule has 1 saturated heterocycles. The summed E-state index contributed by atoms with van der Waals surface area (Å²) in [5.74, 6) is 0.571. The van der Waals surface area contributed by atoms with E-state index in [9.17, 15) is 4.79 Å². The van der Waals surface area contributed by atoms with Crippen molar-refractivity contribution in [2.75, 3.05) is 24.6 Å². The minimum atomic E-state index is 0.170. The van der Waals surface area contributed by atoms with E-state index in [0.717, 1.165) is 17.2 Å². The second-order valence-corrected chi connectivity index (χ2v) is 7.27. The van der Waals surface area contributed by atoms with Crippen LogP contribution in [0.4, 0.5) is 5.13 Å². The van der Waals surface area contributed by atoms with E-state index < -0.39 is 0 Å². The second kappa shape index (κ2) is 6.28. The van der Waals surface area contributed by atoms with Crippen LogP contribution in [0.1, 0.15) is 25.7 Å². The molecule has 1 aromatic heterocycles. The van der Waals surface area contributed by atoms with E-state index in [2.05, 4.69) is 10.2 Å². The van der Waals surface area contributed by atoms with Gasteiger partial charge in [0.1, 0.15) is 0 Å². The van der Waals surface area contributed by atoms with E-state index in [1.54, 1.807) is 0 Å². The molecule has 2 unspecified atom stereocenters. The van der Waals surface area contributed by atoms with Crippen LogP contribution in [0.5, 0.6) is 0 Å². The number of rotatable bonds is 3. The first kappa shape index (κ1) is 14.1. The van der Waals surface area contributed by atoms with Crippen LogP contribution in [0, 0.1) is 0 Å². The Morgan fingerprint density at radius 3 is 3.10 bits per heavy atom. The Labute approximate surface area is 126 Å². The van der Waals surface area contributed by atoms with Crippen LogP contribution in [0.15, 0.2) is 4.34 Å². The van der Waals surface area contributed by atoms with Gasteiger partial charge in [-0.05, 0) is 12.8 Å². The Morgan fingerprint density at radius 1 is 1.45 bits per heavy atom. The third-order valence-electron chi connectivity index (χ3n) is 3.79. The molecule has 1 saturated carbocycles. The van der Waals surface area contributed by atoms with Crippen molar-refractivity contribution in [3.63, 3.8) is 0 Å². The highest BCUT2D eigenvalue weighted by atomic mass is 32.2. The zero-order valence-electron chi connectivity index (χ0n) is 11.2. The van der Waals surface area contributed by atoms with Crippen LogP contribution in [0.2, 0.25) is 0 Å². The van der Waals surface area contributed by atoms with Crippen LogP contribution in [-0.4, -0.2) is 52.1 Å². The van der Waals surface area contributed by atoms with Gasteiger partial charge in [0, 0.05) is 6.54 Å². The lowest BCUT2D eigenvalue weighted by Crippen LogP contribution is -2.55. The number of anilines is 1. The van der Waals surface area contributed by atoms with Gasteiger partial charge in [0.2, 0.25) is 11.0 Å². The van der Waals surface area contributed by atoms with Gasteiger partial charge in [0.05, 0.1) is 24.5 Å². The van der Waals surface area contributed by atoms with Crippen LogP contribution < -0.4 is 5.73 Å². The van der Waals surface area contributed by atoms with Gasteiger partial charge in [-0.3, -0.25) is 4.79 Å².